The van der Waals surface area contributed by atoms with Gasteiger partial charge in [-0.3, -0.25) is 4.79 Å². The fraction of sp³-hybridized carbons (Fsp3) is 0.588. The van der Waals surface area contributed by atoms with Crippen LogP contribution in [0.3, 0.4) is 0 Å². The largest absolute Gasteiger partial charge is 0.411 e. The molecule has 2 aromatic rings. The van der Waals surface area contributed by atoms with Gasteiger partial charge in [-0.05, 0) is 46.1 Å². The first kappa shape index (κ1) is 20.0. The van der Waals surface area contributed by atoms with Crippen LogP contribution in [0.2, 0.25) is 0 Å². The molecule has 0 atom stereocenters. The normalized spacial score (nSPS) is 15.5. The number of hydrogen-bond acceptors (Lipinski definition) is 7. The van der Waals surface area contributed by atoms with Crippen molar-refractivity contribution in [1.82, 2.24) is 19.8 Å². The predicted molar refractivity (Wildman–Crippen MR) is 102 cm³/mol. The van der Waals surface area contributed by atoms with Crippen LogP contribution in [-0.4, -0.2) is 48.1 Å². The summed E-state index contributed by atoms with van der Waals surface area (Å²) >= 11 is 1.24. The molecule has 0 unspecified atom stereocenters. The molecule has 27 heavy (non-hydrogen) atoms. The number of likely N-dealkylation sites (tertiary alicyclic amines) is 1. The van der Waals surface area contributed by atoms with E-state index in [1.54, 1.807) is 11.8 Å². The van der Waals surface area contributed by atoms with E-state index in [-0.39, 0.29) is 22.6 Å². The van der Waals surface area contributed by atoms with Gasteiger partial charge in [-0.15, -0.1) is 21.5 Å². The van der Waals surface area contributed by atoms with Gasteiger partial charge in [-0.1, -0.05) is 6.92 Å². The first-order valence-electron chi connectivity index (χ1n) is 8.90. The topological polar surface area (TPSA) is 105 Å². The second kappa shape index (κ2) is 7.33. The van der Waals surface area contributed by atoms with Gasteiger partial charge in [0.05, 0.1) is 9.77 Å². The molecule has 10 heteroatoms. The van der Waals surface area contributed by atoms with E-state index in [4.69, 9.17) is 4.42 Å². The van der Waals surface area contributed by atoms with Crippen molar-refractivity contribution in [3.05, 3.63) is 16.8 Å². The van der Waals surface area contributed by atoms with Crippen molar-refractivity contribution in [2.75, 3.05) is 13.1 Å². The van der Waals surface area contributed by atoms with Crippen molar-refractivity contribution >= 4 is 27.3 Å². The van der Waals surface area contributed by atoms with Crippen LogP contribution in [0, 0.1) is 6.92 Å². The van der Waals surface area contributed by atoms with E-state index in [2.05, 4.69) is 14.9 Å². The van der Waals surface area contributed by atoms with Gasteiger partial charge in [0, 0.05) is 23.5 Å². The number of hydrogen-bond donors (Lipinski definition) is 1. The highest BCUT2D eigenvalue weighted by Crippen LogP contribution is 2.33. The molecule has 1 amide bonds. The summed E-state index contributed by atoms with van der Waals surface area (Å²) in [6, 6.07) is 1.52. The van der Waals surface area contributed by atoms with Crippen molar-refractivity contribution in [3.63, 3.8) is 0 Å². The number of nitrogens with one attached hydrogen (secondary N) is 1. The minimum atomic E-state index is -3.68. The molecule has 148 valence electrons. The first-order chi connectivity index (χ1) is 12.6. The summed E-state index contributed by atoms with van der Waals surface area (Å²) in [5, 5.41) is 7.78. The van der Waals surface area contributed by atoms with Gasteiger partial charge in [0.25, 0.3) is 5.89 Å². The molecule has 0 saturated carbocycles. The maximum absolute atomic E-state index is 12.7. The molecule has 1 N–H and O–H groups in total. The molecule has 1 fully saturated rings. The summed E-state index contributed by atoms with van der Waals surface area (Å²) in [6.45, 7) is 8.70. The van der Waals surface area contributed by atoms with Gasteiger partial charge in [0.15, 0.2) is 0 Å². The predicted octanol–water partition coefficient (Wildman–Crippen LogP) is 2.81. The minimum Gasteiger partial charge on any atom is -0.411 e. The summed E-state index contributed by atoms with van der Waals surface area (Å²) in [4.78, 5) is 15.4. The number of amides is 1. The van der Waals surface area contributed by atoms with Gasteiger partial charge in [-0.25, -0.2) is 13.1 Å². The Balaban J connectivity index is 1.85. The molecule has 0 aliphatic carbocycles. The summed E-state index contributed by atoms with van der Waals surface area (Å²) < 4.78 is 33.7. The second-order valence-corrected chi connectivity index (χ2v) is 10.2. The standard InChI is InChI=1S/C17H24N4O4S2/c1-5-17(3,4)20-27(23,24)13-10-12(26-11(13)2)14-18-19-15(25-14)16(22)21-8-6-7-9-21/h10,20H,5-9H2,1-4H3. The van der Waals surface area contributed by atoms with Crippen molar-refractivity contribution in [1.29, 1.82) is 0 Å². The summed E-state index contributed by atoms with van der Waals surface area (Å²) in [5.41, 5.74) is -0.548. The van der Waals surface area contributed by atoms with Crippen LogP contribution >= 0.6 is 11.3 Å². The Bertz CT molecular complexity index is 940. The maximum Gasteiger partial charge on any atom is 0.311 e. The van der Waals surface area contributed by atoms with Crippen LogP contribution in [0.15, 0.2) is 15.4 Å². The smallest absolute Gasteiger partial charge is 0.311 e. The van der Waals surface area contributed by atoms with Crippen molar-refractivity contribution in [2.45, 2.75) is 57.4 Å². The van der Waals surface area contributed by atoms with Crippen LogP contribution in [0.25, 0.3) is 10.8 Å². The van der Waals surface area contributed by atoms with E-state index in [9.17, 15) is 13.2 Å². The maximum atomic E-state index is 12.7. The number of carbonyl (C=O) groups is 1. The van der Waals surface area contributed by atoms with Gasteiger partial charge in [0.2, 0.25) is 10.0 Å². The lowest BCUT2D eigenvalue weighted by molar-refractivity contribution is 0.0754. The fourth-order valence-corrected chi connectivity index (χ4v) is 5.79. The van der Waals surface area contributed by atoms with E-state index in [1.165, 1.54) is 17.4 Å². The highest BCUT2D eigenvalue weighted by atomic mass is 32.2. The van der Waals surface area contributed by atoms with Crippen molar-refractivity contribution < 1.29 is 17.6 Å². The molecule has 0 aromatic carbocycles. The third-order valence-corrected chi connectivity index (χ3v) is 7.66. The Labute approximate surface area is 163 Å². The van der Waals surface area contributed by atoms with E-state index in [1.807, 2.05) is 20.8 Å². The third-order valence-electron chi connectivity index (χ3n) is 4.67. The first-order valence-corrected chi connectivity index (χ1v) is 11.2. The van der Waals surface area contributed by atoms with Crippen molar-refractivity contribution in [2.24, 2.45) is 0 Å². The highest BCUT2D eigenvalue weighted by Gasteiger charge is 2.29. The zero-order valence-corrected chi connectivity index (χ0v) is 17.5. The van der Waals surface area contributed by atoms with Crippen LogP contribution in [0.1, 0.15) is 55.6 Å². The molecule has 0 bridgehead atoms. The molecule has 3 rings (SSSR count). The summed E-state index contributed by atoms with van der Waals surface area (Å²) in [6.07, 6.45) is 2.60. The Hall–Kier alpha value is -1.78. The average molecular weight is 413 g/mol. The third kappa shape index (κ3) is 4.22. The summed E-state index contributed by atoms with van der Waals surface area (Å²) in [7, 11) is -3.68. The Morgan fingerprint density at radius 1 is 1.33 bits per heavy atom. The zero-order valence-electron chi connectivity index (χ0n) is 15.9. The number of rotatable bonds is 6. The lowest BCUT2D eigenvalue weighted by atomic mass is 10.0. The SMILES string of the molecule is CCC(C)(C)NS(=O)(=O)c1cc(-c2nnc(C(=O)N3CCCC3)o2)sc1C. The average Bonchev–Trinajstić information content (AvgIpc) is 3.33. The molecule has 1 aliphatic heterocycles. The summed E-state index contributed by atoms with van der Waals surface area (Å²) in [5.74, 6) is -0.187. The molecular weight excluding hydrogens is 388 g/mol. The zero-order chi connectivity index (χ0) is 19.8. The molecule has 0 radical (unpaired) electrons. The van der Waals surface area contributed by atoms with Crippen LogP contribution in [0.5, 0.6) is 0 Å². The molecule has 8 nitrogen and oxygen atoms in total. The number of thiophene rings is 1. The van der Waals surface area contributed by atoms with Gasteiger partial charge >= 0.3 is 11.8 Å². The van der Waals surface area contributed by atoms with Gasteiger partial charge in [0.1, 0.15) is 0 Å². The van der Waals surface area contributed by atoms with E-state index < -0.39 is 15.6 Å². The van der Waals surface area contributed by atoms with Crippen LogP contribution in [0.4, 0.5) is 0 Å². The molecular formula is C17H24N4O4S2. The number of sulfonamides is 1. The van der Waals surface area contributed by atoms with Gasteiger partial charge < -0.3 is 9.32 Å². The van der Waals surface area contributed by atoms with Crippen LogP contribution in [-0.2, 0) is 10.0 Å². The van der Waals surface area contributed by atoms with Gasteiger partial charge in [-0.2, -0.15) is 0 Å². The van der Waals surface area contributed by atoms with E-state index >= 15 is 0 Å². The Morgan fingerprint density at radius 3 is 2.63 bits per heavy atom. The molecule has 3 heterocycles. The Kier molecular flexibility index (Phi) is 5.42. The van der Waals surface area contributed by atoms with Crippen LogP contribution < -0.4 is 4.72 Å². The van der Waals surface area contributed by atoms with E-state index in [0.29, 0.717) is 29.3 Å². The molecule has 1 aliphatic rings. The number of aryl methyl sites for hydroxylation is 1. The van der Waals surface area contributed by atoms with E-state index in [0.717, 1.165) is 12.8 Å². The number of carbonyl (C=O) groups excluding carboxylic acids is 1. The lowest BCUT2D eigenvalue weighted by Gasteiger charge is -2.23. The number of aromatic nitrogens is 2. The molecule has 1 saturated heterocycles. The fourth-order valence-electron chi connectivity index (χ4n) is 2.79. The second-order valence-electron chi connectivity index (χ2n) is 7.29. The molecule has 0 spiro atoms. The monoisotopic (exact) mass is 412 g/mol. The molecule has 2 aromatic heterocycles. The lowest BCUT2D eigenvalue weighted by Crippen LogP contribution is -2.42. The number of nitrogens with zero attached hydrogens (tertiary/aromatic N) is 3. The minimum absolute atomic E-state index is 0.0624. The highest BCUT2D eigenvalue weighted by molar-refractivity contribution is 7.89. The quantitative estimate of drug-likeness (QED) is 0.782. The Morgan fingerprint density at radius 2 is 2.00 bits per heavy atom. The van der Waals surface area contributed by atoms with Crippen molar-refractivity contribution in [3.8, 4) is 10.8 Å².